The summed E-state index contributed by atoms with van der Waals surface area (Å²) in [5.41, 5.74) is 3.48. The third kappa shape index (κ3) is 3.38. The molecule has 0 aliphatic carbocycles. The molecule has 0 unspecified atom stereocenters. The van der Waals surface area contributed by atoms with Crippen molar-refractivity contribution in [3.8, 4) is 34.3 Å². The average molecular weight is 383 g/mol. The van der Waals surface area contributed by atoms with Crippen LogP contribution < -0.4 is 4.90 Å². The Labute approximate surface area is 167 Å². The lowest BCUT2D eigenvalue weighted by atomic mass is 10.1. The summed E-state index contributed by atoms with van der Waals surface area (Å²) in [6.07, 6.45) is 1.71. The van der Waals surface area contributed by atoms with Crippen LogP contribution in [0.4, 0.5) is 5.82 Å². The van der Waals surface area contributed by atoms with E-state index in [9.17, 15) is 4.79 Å². The average Bonchev–Trinajstić information content (AvgIpc) is 3.50. The van der Waals surface area contributed by atoms with Gasteiger partial charge in [0, 0.05) is 29.8 Å². The minimum Gasteiger partial charge on any atom is -0.414 e. The summed E-state index contributed by atoms with van der Waals surface area (Å²) in [5, 5.41) is 8.39. The van der Waals surface area contributed by atoms with Crippen molar-refractivity contribution in [2.45, 2.75) is 6.92 Å². The van der Waals surface area contributed by atoms with Crippen LogP contribution in [0.3, 0.4) is 0 Å². The molecule has 3 heterocycles. The minimum atomic E-state index is 0.00477. The number of carbonyl (C=O) groups excluding carboxylic acids is 1. The maximum absolute atomic E-state index is 11.7. The molecule has 1 aliphatic rings. The van der Waals surface area contributed by atoms with E-state index in [1.165, 1.54) is 0 Å². The van der Waals surface area contributed by atoms with Gasteiger partial charge in [0.2, 0.25) is 5.89 Å². The Hall–Kier alpha value is -3.87. The molecular weight excluding hydrogens is 366 g/mol. The van der Waals surface area contributed by atoms with Gasteiger partial charge in [-0.2, -0.15) is 0 Å². The molecule has 0 spiro atoms. The molecule has 7 heteroatoms. The highest BCUT2D eigenvalue weighted by molar-refractivity contribution is 5.95. The van der Waals surface area contributed by atoms with Crippen LogP contribution in [0.25, 0.3) is 34.3 Å². The molecule has 2 aromatic carbocycles. The molecule has 5 rings (SSSR count). The predicted molar refractivity (Wildman–Crippen MR) is 108 cm³/mol. The summed E-state index contributed by atoms with van der Waals surface area (Å²) >= 11 is 0. The van der Waals surface area contributed by atoms with Crippen LogP contribution in [0, 0.1) is 0 Å². The number of anilines is 1. The number of benzene rings is 2. The smallest absolute Gasteiger partial charge is 0.270 e. The molecule has 1 aliphatic heterocycles. The molecule has 4 aromatic rings. The number of hydrogen-bond acceptors (Lipinski definition) is 7. The highest BCUT2D eigenvalue weighted by atomic mass is 16.4. The monoisotopic (exact) mass is 383 g/mol. The Morgan fingerprint density at radius 2 is 1.72 bits per heavy atom. The van der Waals surface area contributed by atoms with E-state index in [1.54, 1.807) is 19.2 Å². The van der Waals surface area contributed by atoms with Crippen molar-refractivity contribution in [3.05, 3.63) is 66.4 Å². The van der Waals surface area contributed by atoms with Crippen LogP contribution in [0.15, 0.2) is 65.2 Å². The van der Waals surface area contributed by atoms with E-state index in [4.69, 9.17) is 9.40 Å². The standard InChI is InChI=1S/C22H17N5O2/c1-14(28)16-8-5-9-17(12-16)18-13-23-20(27-10-11-27)19(24-18)22-26-25-21(29-22)15-6-3-2-4-7-15/h2-9,12-13H,10-11H2,1H3. The van der Waals surface area contributed by atoms with Crippen LogP contribution in [-0.2, 0) is 0 Å². The van der Waals surface area contributed by atoms with Gasteiger partial charge in [0.1, 0.15) is 0 Å². The molecular formula is C22H17N5O2. The van der Waals surface area contributed by atoms with Gasteiger partial charge in [-0.25, -0.2) is 9.97 Å². The van der Waals surface area contributed by atoms with Gasteiger partial charge in [0.25, 0.3) is 5.89 Å². The molecule has 29 heavy (non-hydrogen) atoms. The number of carbonyl (C=O) groups is 1. The molecule has 7 nitrogen and oxygen atoms in total. The topological polar surface area (TPSA) is 84.8 Å². The lowest BCUT2D eigenvalue weighted by Crippen LogP contribution is -2.02. The van der Waals surface area contributed by atoms with Gasteiger partial charge in [0.15, 0.2) is 17.3 Å². The first-order chi connectivity index (χ1) is 14.2. The van der Waals surface area contributed by atoms with Crippen molar-refractivity contribution in [1.29, 1.82) is 0 Å². The van der Waals surface area contributed by atoms with E-state index in [1.807, 2.05) is 48.5 Å². The van der Waals surface area contributed by atoms with Crippen LogP contribution in [0.2, 0.25) is 0 Å². The van der Waals surface area contributed by atoms with Gasteiger partial charge >= 0.3 is 0 Å². The van der Waals surface area contributed by atoms with Gasteiger partial charge in [-0.1, -0.05) is 36.4 Å². The van der Waals surface area contributed by atoms with Crippen LogP contribution in [-0.4, -0.2) is 39.0 Å². The zero-order valence-corrected chi connectivity index (χ0v) is 15.7. The highest BCUT2D eigenvalue weighted by Gasteiger charge is 2.27. The van der Waals surface area contributed by atoms with E-state index < -0.39 is 0 Å². The first-order valence-corrected chi connectivity index (χ1v) is 9.32. The number of rotatable bonds is 5. The van der Waals surface area contributed by atoms with Crippen LogP contribution >= 0.6 is 0 Å². The van der Waals surface area contributed by atoms with Crippen LogP contribution in [0.1, 0.15) is 17.3 Å². The summed E-state index contributed by atoms with van der Waals surface area (Å²) in [6, 6.07) is 16.9. The Morgan fingerprint density at radius 1 is 0.966 bits per heavy atom. The molecule has 0 amide bonds. The molecule has 0 radical (unpaired) electrons. The SMILES string of the molecule is CC(=O)c1cccc(-c2cnc(N3CC3)c(-c3nnc(-c4ccccc4)o3)n2)c1. The number of aromatic nitrogens is 4. The van der Waals surface area contributed by atoms with Gasteiger partial charge in [-0.15, -0.1) is 10.2 Å². The van der Waals surface area contributed by atoms with Gasteiger partial charge in [-0.3, -0.25) is 4.79 Å². The summed E-state index contributed by atoms with van der Waals surface area (Å²) in [4.78, 5) is 23.2. The second-order valence-electron chi connectivity index (χ2n) is 6.83. The first-order valence-electron chi connectivity index (χ1n) is 9.32. The fraction of sp³-hybridized carbons (Fsp3) is 0.136. The second kappa shape index (κ2) is 6.94. The molecule has 0 bridgehead atoms. The summed E-state index contributed by atoms with van der Waals surface area (Å²) < 4.78 is 5.92. The second-order valence-corrected chi connectivity index (χ2v) is 6.83. The minimum absolute atomic E-state index is 0.00477. The summed E-state index contributed by atoms with van der Waals surface area (Å²) in [5.74, 6) is 1.48. The van der Waals surface area contributed by atoms with Crippen molar-refractivity contribution < 1.29 is 9.21 Å². The lowest BCUT2D eigenvalue weighted by Gasteiger charge is -2.09. The molecule has 0 N–H and O–H groups in total. The fourth-order valence-electron chi connectivity index (χ4n) is 3.07. The maximum Gasteiger partial charge on any atom is 0.270 e. The summed E-state index contributed by atoms with van der Waals surface area (Å²) in [7, 11) is 0. The van der Waals surface area contributed by atoms with E-state index in [0.29, 0.717) is 28.7 Å². The summed E-state index contributed by atoms with van der Waals surface area (Å²) in [6.45, 7) is 3.38. The first kappa shape index (κ1) is 17.2. The quantitative estimate of drug-likeness (QED) is 0.382. The van der Waals surface area contributed by atoms with Gasteiger partial charge in [-0.05, 0) is 25.1 Å². The molecule has 2 aromatic heterocycles. The van der Waals surface area contributed by atoms with E-state index in [0.717, 1.165) is 30.0 Å². The number of nitrogens with zero attached hydrogens (tertiary/aromatic N) is 5. The van der Waals surface area contributed by atoms with Crippen LogP contribution in [0.5, 0.6) is 0 Å². The number of Topliss-reactive ketones (excluding diaryl/α,β-unsaturated/α-hetero) is 1. The Morgan fingerprint density at radius 3 is 2.48 bits per heavy atom. The van der Waals surface area contributed by atoms with Crippen molar-refractivity contribution in [3.63, 3.8) is 0 Å². The molecule has 1 saturated heterocycles. The molecule has 1 fully saturated rings. The molecule has 0 saturated carbocycles. The fourth-order valence-corrected chi connectivity index (χ4v) is 3.07. The Balaban J connectivity index is 1.59. The normalized spacial score (nSPS) is 12.8. The lowest BCUT2D eigenvalue weighted by molar-refractivity contribution is 0.101. The molecule has 142 valence electrons. The largest absolute Gasteiger partial charge is 0.414 e. The Kier molecular flexibility index (Phi) is 4.13. The Bertz CT molecular complexity index is 1200. The van der Waals surface area contributed by atoms with Crippen molar-refractivity contribution in [1.82, 2.24) is 20.2 Å². The van der Waals surface area contributed by atoms with Crippen molar-refractivity contribution in [2.75, 3.05) is 18.0 Å². The van der Waals surface area contributed by atoms with Crippen molar-refractivity contribution >= 4 is 11.6 Å². The van der Waals surface area contributed by atoms with E-state index in [2.05, 4.69) is 20.1 Å². The predicted octanol–water partition coefficient (Wildman–Crippen LogP) is 3.88. The zero-order chi connectivity index (χ0) is 19.8. The molecule has 0 atom stereocenters. The highest BCUT2D eigenvalue weighted by Crippen LogP contribution is 2.33. The number of hydrogen-bond donors (Lipinski definition) is 0. The third-order valence-electron chi connectivity index (χ3n) is 4.71. The van der Waals surface area contributed by atoms with E-state index >= 15 is 0 Å². The maximum atomic E-state index is 11.7. The zero-order valence-electron chi connectivity index (χ0n) is 15.7. The van der Waals surface area contributed by atoms with Gasteiger partial charge in [0.05, 0.1) is 11.9 Å². The van der Waals surface area contributed by atoms with E-state index in [-0.39, 0.29) is 5.78 Å². The third-order valence-corrected chi connectivity index (χ3v) is 4.71. The van der Waals surface area contributed by atoms with Crippen molar-refractivity contribution in [2.24, 2.45) is 0 Å². The number of ketones is 1. The van der Waals surface area contributed by atoms with Gasteiger partial charge < -0.3 is 9.32 Å².